The van der Waals surface area contributed by atoms with E-state index in [4.69, 9.17) is 9.47 Å². The maximum atomic E-state index is 13.9. The van der Waals surface area contributed by atoms with Gasteiger partial charge in [-0.05, 0) is 49.2 Å². The molecule has 0 aliphatic carbocycles. The molecule has 7 nitrogen and oxygen atoms in total. The molecule has 4 aromatic rings. The minimum atomic E-state index is -1.11. The number of nitrogens with one attached hydrogen (secondary N) is 2. The molecule has 5 rings (SSSR count). The van der Waals surface area contributed by atoms with Gasteiger partial charge in [-0.2, -0.15) is 0 Å². The highest BCUT2D eigenvalue weighted by molar-refractivity contribution is 7.99. The van der Waals surface area contributed by atoms with E-state index in [1.165, 1.54) is 11.8 Å². The number of benzene rings is 3. The molecule has 0 spiro atoms. The van der Waals surface area contributed by atoms with E-state index >= 15 is 0 Å². The summed E-state index contributed by atoms with van der Waals surface area (Å²) in [5.41, 5.74) is 2.17. The number of methoxy groups -OCH3 is 2. The van der Waals surface area contributed by atoms with Gasteiger partial charge in [0.15, 0.2) is 0 Å². The van der Waals surface area contributed by atoms with Crippen molar-refractivity contribution in [1.29, 1.82) is 0 Å². The zero-order chi connectivity index (χ0) is 26.0. The van der Waals surface area contributed by atoms with Gasteiger partial charge in [0.2, 0.25) is 0 Å². The van der Waals surface area contributed by atoms with E-state index in [1.54, 1.807) is 37.3 Å². The number of ether oxygens (including phenoxy) is 2. The Morgan fingerprint density at radius 2 is 1.86 bits per heavy atom. The van der Waals surface area contributed by atoms with Crippen LogP contribution in [0.2, 0.25) is 0 Å². The first-order valence-corrected chi connectivity index (χ1v) is 13.1. The van der Waals surface area contributed by atoms with E-state index in [1.807, 2.05) is 55.6 Å². The Bertz CT molecular complexity index is 1470. The van der Waals surface area contributed by atoms with Crippen molar-refractivity contribution in [2.24, 2.45) is 0 Å². The largest absolute Gasteiger partial charge is 0.497 e. The minimum absolute atomic E-state index is 0.153. The highest BCUT2D eigenvalue weighted by atomic mass is 32.2. The predicted octanol–water partition coefficient (Wildman–Crippen LogP) is 5.37. The third-order valence-electron chi connectivity index (χ3n) is 6.89. The number of hydrogen-bond donors (Lipinski definition) is 2. The van der Waals surface area contributed by atoms with Gasteiger partial charge in [0.05, 0.1) is 25.5 Å². The Labute approximate surface area is 220 Å². The summed E-state index contributed by atoms with van der Waals surface area (Å²) in [6.07, 6.45) is 2.59. The van der Waals surface area contributed by atoms with Crippen molar-refractivity contribution >= 4 is 40.2 Å². The SMILES string of the molecule is COc1ccc(NC(=O)[C@@]2(C)CSc3ccccc3C(=O)N2CCc2c[nH]c3ccccc23)c(OC)c1. The van der Waals surface area contributed by atoms with Crippen LogP contribution in [0.5, 0.6) is 11.5 Å². The van der Waals surface area contributed by atoms with Gasteiger partial charge >= 0.3 is 0 Å². The molecule has 8 heteroatoms. The van der Waals surface area contributed by atoms with Crippen LogP contribution in [0.4, 0.5) is 5.69 Å². The summed E-state index contributed by atoms with van der Waals surface area (Å²) in [5, 5.41) is 4.14. The molecular weight excluding hydrogens is 486 g/mol. The van der Waals surface area contributed by atoms with E-state index in [-0.39, 0.29) is 11.8 Å². The highest BCUT2D eigenvalue weighted by Gasteiger charge is 2.45. The van der Waals surface area contributed by atoms with Crippen LogP contribution in [0, 0.1) is 0 Å². The summed E-state index contributed by atoms with van der Waals surface area (Å²) >= 11 is 1.52. The van der Waals surface area contributed by atoms with Crippen molar-refractivity contribution < 1.29 is 19.1 Å². The van der Waals surface area contributed by atoms with Gasteiger partial charge in [0.25, 0.3) is 11.8 Å². The fourth-order valence-electron chi connectivity index (χ4n) is 4.70. The average Bonchev–Trinajstić information content (AvgIpc) is 3.30. The number of hydrogen-bond acceptors (Lipinski definition) is 5. The molecule has 1 aromatic heterocycles. The lowest BCUT2D eigenvalue weighted by Gasteiger charge is -2.38. The number of rotatable bonds is 7. The first-order valence-electron chi connectivity index (χ1n) is 12.1. The van der Waals surface area contributed by atoms with Crippen molar-refractivity contribution in [3.63, 3.8) is 0 Å². The number of nitrogens with zero attached hydrogens (tertiary/aromatic N) is 1. The van der Waals surface area contributed by atoms with Crippen LogP contribution >= 0.6 is 11.8 Å². The molecule has 37 heavy (non-hydrogen) atoms. The van der Waals surface area contributed by atoms with Crippen LogP contribution in [0.25, 0.3) is 10.9 Å². The first-order chi connectivity index (χ1) is 17.9. The number of H-pyrrole nitrogens is 1. The number of aromatic amines is 1. The van der Waals surface area contributed by atoms with Crippen LogP contribution in [-0.4, -0.2) is 53.8 Å². The second-order valence-corrected chi connectivity index (χ2v) is 10.2. The monoisotopic (exact) mass is 515 g/mol. The molecule has 2 heterocycles. The molecule has 0 saturated heterocycles. The number of amides is 2. The van der Waals surface area contributed by atoms with Crippen molar-refractivity contribution in [2.75, 3.05) is 31.8 Å². The number of carbonyl (C=O) groups excluding carboxylic acids is 2. The third kappa shape index (κ3) is 4.64. The second-order valence-electron chi connectivity index (χ2n) is 9.15. The van der Waals surface area contributed by atoms with Gasteiger partial charge < -0.3 is 24.7 Å². The van der Waals surface area contributed by atoms with Crippen LogP contribution in [0.3, 0.4) is 0 Å². The van der Waals surface area contributed by atoms with Gasteiger partial charge in [-0.15, -0.1) is 11.8 Å². The lowest BCUT2D eigenvalue weighted by Crippen LogP contribution is -2.58. The lowest BCUT2D eigenvalue weighted by molar-refractivity contribution is -0.124. The van der Waals surface area contributed by atoms with Crippen molar-refractivity contribution in [1.82, 2.24) is 9.88 Å². The van der Waals surface area contributed by atoms with Crippen LogP contribution in [0.1, 0.15) is 22.8 Å². The number of para-hydroxylation sites is 1. The van der Waals surface area contributed by atoms with E-state index in [0.717, 1.165) is 21.4 Å². The zero-order valence-corrected chi connectivity index (χ0v) is 21.9. The molecule has 0 unspecified atom stereocenters. The topological polar surface area (TPSA) is 83.7 Å². The summed E-state index contributed by atoms with van der Waals surface area (Å²) in [5.74, 6) is 1.09. The highest BCUT2D eigenvalue weighted by Crippen LogP contribution is 2.37. The van der Waals surface area contributed by atoms with Crippen LogP contribution in [0.15, 0.2) is 77.8 Å². The molecule has 2 amide bonds. The molecule has 1 aliphatic rings. The Kier molecular flexibility index (Phi) is 6.84. The maximum absolute atomic E-state index is 13.9. The number of aromatic nitrogens is 1. The van der Waals surface area contributed by atoms with Gasteiger partial charge in [-0.3, -0.25) is 9.59 Å². The Morgan fingerprint density at radius 1 is 1.08 bits per heavy atom. The van der Waals surface area contributed by atoms with Gasteiger partial charge in [-0.25, -0.2) is 0 Å². The standard InChI is InChI=1S/C29H29N3O4S/c1-29(28(34)31-24-13-12-20(35-2)16-25(24)36-3)18-37-26-11-7-5-9-22(26)27(33)32(29)15-14-19-17-30-23-10-6-4-8-21(19)23/h4-13,16-17,30H,14-15,18H2,1-3H3,(H,31,34)/t29-/m1/s1. The molecule has 0 bridgehead atoms. The fraction of sp³-hybridized carbons (Fsp3) is 0.241. The van der Waals surface area contributed by atoms with Crippen molar-refractivity contribution in [2.45, 2.75) is 23.8 Å². The molecule has 190 valence electrons. The average molecular weight is 516 g/mol. The van der Waals surface area contributed by atoms with Crippen LogP contribution < -0.4 is 14.8 Å². The quantitative estimate of drug-likeness (QED) is 0.346. The summed E-state index contributed by atoms with van der Waals surface area (Å²) in [7, 11) is 3.12. The van der Waals surface area contributed by atoms with Crippen molar-refractivity contribution in [3.05, 3.63) is 84.1 Å². The number of anilines is 1. The normalized spacial score (nSPS) is 17.3. The third-order valence-corrected chi connectivity index (χ3v) is 8.27. The van der Waals surface area contributed by atoms with Gasteiger partial charge in [-0.1, -0.05) is 30.3 Å². The molecule has 2 N–H and O–H groups in total. The van der Waals surface area contributed by atoms with Gasteiger partial charge in [0.1, 0.15) is 17.0 Å². The van der Waals surface area contributed by atoms with E-state index in [0.29, 0.717) is 41.5 Å². The molecule has 3 aromatic carbocycles. The smallest absolute Gasteiger partial charge is 0.255 e. The lowest BCUT2D eigenvalue weighted by atomic mass is 9.98. The summed E-state index contributed by atoms with van der Waals surface area (Å²) in [6, 6.07) is 20.9. The molecule has 0 saturated carbocycles. The molecule has 0 fully saturated rings. The van der Waals surface area contributed by atoms with Crippen molar-refractivity contribution in [3.8, 4) is 11.5 Å². The number of thioether (sulfide) groups is 1. The minimum Gasteiger partial charge on any atom is -0.497 e. The first kappa shape index (κ1) is 24.8. The maximum Gasteiger partial charge on any atom is 0.255 e. The van der Waals surface area contributed by atoms with Gasteiger partial charge in [0, 0.05) is 40.4 Å². The van der Waals surface area contributed by atoms with Crippen LogP contribution in [-0.2, 0) is 11.2 Å². The Hall–Kier alpha value is -3.91. The number of carbonyl (C=O) groups is 2. The van der Waals surface area contributed by atoms with E-state index < -0.39 is 5.54 Å². The summed E-state index contributed by atoms with van der Waals surface area (Å²) < 4.78 is 10.8. The molecule has 1 aliphatic heterocycles. The fourth-order valence-corrected chi connectivity index (χ4v) is 5.91. The van der Waals surface area contributed by atoms with E-state index in [2.05, 4.69) is 16.4 Å². The second kappa shape index (κ2) is 10.2. The number of fused-ring (bicyclic) bond motifs is 2. The summed E-state index contributed by atoms with van der Waals surface area (Å²) in [4.78, 5) is 33.8. The molecular formula is C29H29N3O4S. The summed E-state index contributed by atoms with van der Waals surface area (Å²) in [6.45, 7) is 2.23. The zero-order valence-electron chi connectivity index (χ0n) is 21.0. The predicted molar refractivity (Wildman–Crippen MR) is 147 cm³/mol. The van der Waals surface area contributed by atoms with E-state index in [9.17, 15) is 9.59 Å². The molecule has 1 atom stereocenters. The Balaban J connectivity index is 1.48. The Morgan fingerprint density at radius 3 is 2.68 bits per heavy atom. The molecule has 0 radical (unpaired) electrons.